The van der Waals surface area contributed by atoms with E-state index < -0.39 is 15.3 Å². The molecule has 210 valence electrons. The lowest BCUT2D eigenvalue weighted by Crippen LogP contribution is -2.42. The number of benzene rings is 3. The van der Waals surface area contributed by atoms with E-state index in [2.05, 4.69) is 58.4 Å². The van der Waals surface area contributed by atoms with Crippen LogP contribution in [-0.2, 0) is 21.4 Å². The van der Waals surface area contributed by atoms with Crippen molar-refractivity contribution in [2.45, 2.75) is 70.8 Å². The zero-order valence-corrected chi connectivity index (χ0v) is 24.4. The van der Waals surface area contributed by atoms with Crippen LogP contribution < -0.4 is 15.4 Å². The van der Waals surface area contributed by atoms with Crippen LogP contribution in [0, 0.1) is 0 Å². The van der Waals surface area contributed by atoms with Gasteiger partial charge in [0.15, 0.2) is 0 Å². The SMILES string of the molecule is CC1CCCC(C)N1Cc1ccc(N/C(=C2\C(=O)Nc3ccc(NS(=O)(=O)C(C)C)cc32)c2ccccc2)cc1. The Morgan fingerprint density at radius 3 is 2.25 bits per heavy atom. The first-order chi connectivity index (χ1) is 19.1. The van der Waals surface area contributed by atoms with Gasteiger partial charge in [0.2, 0.25) is 10.0 Å². The van der Waals surface area contributed by atoms with Crippen LogP contribution in [0.25, 0.3) is 11.3 Å². The molecule has 2 aliphatic heterocycles. The fraction of sp³-hybridized carbons (Fsp3) is 0.344. The van der Waals surface area contributed by atoms with Gasteiger partial charge in [-0.15, -0.1) is 0 Å². The highest BCUT2D eigenvalue weighted by molar-refractivity contribution is 7.93. The average molecular weight is 559 g/mol. The zero-order valence-electron chi connectivity index (χ0n) is 23.6. The van der Waals surface area contributed by atoms with Crippen molar-refractivity contribution < 1.29 is 13.2 Å². The van der Waals surface area contributed by atoms with Crippen LogP contribution in [0.3, 0.4) is 0 Å². The van der Waals surface area contributed by atoms with Crippen molar-refractivity contribution in [3.8, 4) is 0 Å². The molecular weight excluding hydrogens is 520 g/mol. The standard InChI is InChI=1S/C32H38N4O3S/c1-21(2)40(38,39)35-27-17-18-29-28(19-27)30(32(37)34-29)31(25-11-6-5-7-12-25)33-26-15-13-24(14-16-26)20-36-22(3)9-8-10-23(36)4/h5-7,11-19,21-23,33,35H,8-10,20H2,1-4H3,(H,34,37)/b31-30-. The summed E-state index contributed by atoms with van der Waals surface area (Å²) in [5.74, 6) is -0.241. The Balaban J connectivity index is 1.49. The second-order valence-corrected chi connectivity index (χ2v) is 13.4. The molecule has 3 aromatic rings. The average Bonchev–Trinajstić information content (AvgIpc) is 3.25. The van der Waals surface area contributed by atoms with Crippen molar-refractivity contribution in [1.29, 1.82) is 0 Å². The van der Waals surface area contributed by atoms with E-state index in [0.29, 0.717) is 40.3 Å². The second kappa shape index (κ2) is 11.5. The van der Waals surface area contributed by atoms with E-state index in [1.807, 2.05) is 30.3 Å². The molecule has 2 atom stereocenters. The summed E-state index contributed by atoms with van der Waals surface area (Å²) in [6.45, 7) is 8.80. The first-order valence-electron chi connectivity index (χ1n) is 14.0. The minimum Gasteiger partial charge on any atom is -0.354 e. The molecule has 0 bridgehead atoms. The molecule has 0 spiro atoms. The minimum atomic E-state index is -3.53. The van der Waals surface area contributed by atoms with Gasteiger partial charge >= 0.3 is 0 Å². The maximum absolute atomic E-state index is 13.3. The van der Waals surface area contributed by atoms with Crippen molar-refractivity contribution in [1.82, 2.24) is 4.90 Å². The van der Waals surface area contributed by atoms with Gasteiger partial charge in [0, 0.05) is 41.3 Å². The summed E-state index contributed by atoms with van der Waals surface area (Å²) in [6, 6.07) is 24.4. The maximum Gasteiger partial charge on any atom is 0.258 e. The molecule has 3 N–H and O–H groups in total. The Hall–Kier alpha value is -3.62. The van der Waals surface area contributed by atoms with Crippen molar-refractivity contribution in [3.63, 3.8) is 0 Å². The number of hydrogen-bond donors (Lipinski definition) is 3. The largest absolute Gasteiger partial charge is 0.354 e. The zero-order chi connectivity index (χ0) is 28.4. The molecule has 1 amide bonds. The number of amides is 1. The molecule has 40 heavy (non-hydrogen) atoms. The molecule has 1 saturated heterocycles. The molecule has 0 aliphatic carbocycles. The van der Waals surface area contributed by atoms with E-state index in [1.165, 1.54) is 24.8 Å². The van der Waals surface area contributed by atoms with E-state index >= 15 is 0 Å². The van der Waals surface area contributed by atoms with Gasteiger partial charge in [0.25, 0.3) is 5.91 Å². The van der Waals surface area contributed by atoms with Crippen molar-refractivity contribution in [2.75, 3.05) is 15.4 Å². The summed E-state index contributed by atoms with van der Waals surface area (Å²) in [6.07, 6.45) is 3.77. The predicted molar refractivity (Wildman–Crippen MR) is 164 cm³/mol. The van der Waals surface area contributed by atoms with Crippen molar-refractivity contribution >= 4 is 44.3 Å². The van der Waals surface area contributed by atoms with E-state index in [1.54, 1.807) is 32.0 Å². The highest BCUT2D eigenvalue weighted by Gasteiger charge is 2.30. The summed E-state index contributed by atoms with van der Waals surface area (Å²) in [5.41, 5.74) is 5.80. The number of fused-ring (bicyclic) bond motifs is 1. The Kier molecular flexibility index (Phi) is 8.01. The monoisotopic (exact) mass is 558 g/mol. The topological polar surface area (TPSA) is 90.5 Å². The molecule has 5 rings (SSSR count). The first-order valence-corrected chi connectivity index (χ1v) is 15.6. The maximum atomic E-state index is 13.3. The number of carbonyl (C=O) groups excluding carboxylic acids is 1. The molecule has 2 heterocycles. The van der Waals surface area contributed by atoms with Gasteiger partial charge in [-0.25, -0.2) is 8.42 Å². The highest BCUT2D eigenvalue weighted by Crippen LogP contribution is 2.39. The van der Waals surface area contributed by atoms with Crippen LogP contribution in [0.15, 0.2) is 72.8 Å². The third-order valence-electron chi connectivity index (χ3n) is 7.92. The summed E-state index contributed by atoms with van der Waals surface area (Å²) in [4.78, 5) is 15.9. The van der Waals surface area contributed by atoms with Gasteiger partial charge < -0.3 is 10.6 Å². The van der Waals surface area contributed by atoms with Gasteiger partial charge in [0.1, 0.15) is 0 Å². The van der Waals surface area contributed by atoms with Crippen LogP contribution in [-0.4, -0.2) is 36.6 Å². The van der Waals surface area contributed by atoms with Crippen molar-refractivity contribution in [2.24, 2.45) is 0 Å². The van der Waals surface area contributed by atoms with Crippen LogP contribution in [0.4, 0.5) is 17.1 Å². The van der Waals surface area contributed by atoms with Crippen LogP contribution in [0.2, 0.25) is 0 Å². The predicted octanol–water partition coefficient (Wildman–Crippen LogP) is 6.53. The molecule has 2 aliphatic rings. The Labute approximate surface area is 237 Å². The fourth-order valence-corrected chi connectivity index (χ4v) is 6.17. The Bertz CT molecular complexity index is 1510. The molecule has 0 saturated carbocycles. The third kappa shape index (κ3) is 5.93. The lowest BCUT2D eigenvalue weighted by atomic mass is 9.96. The lowest BCUT2D eigenvalue weighted by Gasteiger charge is -2.39. The minimum absolute atomic E-state index is 0.241. The van der Waals surface area contributed by atoms with E-state index in [9.17, 15) is 13.2 Å². The van der Waals surface area contributed by atoms with Gasteiger partial charge in [-0.2, -0.15) is 0 Å². The number of rotatable bonds is 8. The molecule has 3 aromatic carbocycles. The number of nitrogens with zero attached hydrogens (tertiary/aromatic N) is 1. The lowest BCUT2D eigenvalue weighted by molar-refractivity contribution is -0.110. The van der Waals surface area contributed by atoms with E-state index in [0.717, 1.165) is 17.8 Å². The summed E-state index contributed by atoms with van der Waals surface area (Å²) in [7, 11) is -3.53. The van der Waals surface area contributed by atoms with Gasteiger partial charge in [-0.1, -0.05) is 48.9 Å². The highest BCUT2D eigenvalue weighted by atomic mass is 32.2. The molecule has 2 unspecified atom stereocenters. The summed E-state index contributed by atoms with van der Waals surface area (Å²) in [5, 5.41) is 5.87. The summed E-state index contributed by atoms with van der Waals surface area (Å²) < 4.78 is 27.7. The molecule has 0 aromatic heterocycles. The van der Waals surface area contributed by atoms with Gasteiger partial charge in [-0.3, -0.25) is 14.4 Å². The quantitative estimate of drug-likeness (QED) is 0.274. The normalized spacial score (nSPS) is 20.7. The van der Waals surface area contributed by atoms with Crippen LogP contribution in [0.1, 0.15) is 63.6 Å². The van der Waals surface area contributed by atoms with Gasteiger partial charge in [-0.05, 0) is 82.0 Å². The van der Waals surface area contributed by atoms with Crippen LogP contribution >= 0.6 is 0 Å². The number of sulfonamides is 1. The molecule has 7 nitrogen and oxygen atoms in total. The Morgan fingerprint density at radius 2 is 1.60 bits per heavy atom. The second-order valence-electron chi connectivity index (χ2n) is 11.1. The third-order valence-corrected chi connectivity index (χ3v) is 9.68. The molecule has 0 radical (unpaired) electrons. The number of hydrogen-bond acceptors (Lipinski definition) is 5. The number of likely N-dealkylation sites (tertiary alicyclic amines) is 1. The first kappa shape index (κ1) is 27.9. The smallest absolute Gasteiger partial charge is 0.258 e. The number of carbonyl (C=O) groups is 1. The molecule has 1 fully saturated rings. The number of piperidine rings is 1. The van der Waals surface area contributed by atoms with E-state index in [4.69, 9.17) is 0 Å². The summed E-state index contributed by atoms with van der Waals surface area (Å²) >= 11 is 0. The van der Waals surface area contributed by atoms with E-state index in [-0.39, 0.29) is 5.91 Å². The van der Waals surface area contributed by atoms with Crippen LogP contribution in [0.5, 0.6) is 0 Å². The Morgan fingerprint density at radius 1 is 0.950 bits per heavy atom. The molecule has 8 heteroatoms. The number of anilines is 3. The van der Waals surface area contributed by atoms with Gasteiger partial charge in [0.05, 0.1) is 16.5 Å². The molecular formula is C32H38N4O3S. The fourth-order valence-electron chi connectivity index (χ4n) is 5.48. The van der Waals surface area contributed by atoms with Crippen molar-refractivity contribution in [3.05, 3.63) is 89.5 Å². The number of nitrogens with one attached hydrogen (secondary N) is 3.